The van der Waals surface area contributed by atoms with E-state index in [1.165, 1.54) is 22.7 Å². The van der Waals surface area contributed by atoms with E-state index in [2.05, 4.69) is 60.7 Å². The molecule has 1 N–H and O–H groups in total. The lowest BCUT2D eigenvalue weighted by atomic mass is 10.1. The lowest BCUT2D eigenvalue weighted by Gasteiger charge is -2.36. The summed E-state index contributed by atoms with van der Waals surface area (Å²) in [4.78, 5) is 13.7. The van der Waals surface area contributed by atoms with Crippen LogP contribution < -0.4 is 10.2 Å². The second kappa shape index (κ2) is 14.6. The molecule has 1 aromatic carbocycles. The number of aliphatic imine (C=N–C) groups is 1. The molecule has 2 aromatic rings. The molecule has 10 heteroatoms. The molecule has 0 aliphatic carbocycles. The van der Waals surface area contributed by atoms with Crippen molar-refractivity contribution in [2.24, 2.45) is 4.99 Å². The topological polar surface area (TPSA) is 75.1 Å². The van der Waals surface area contributed by atoms with Gasteiger partial charge in [-0.05, 0) is 18.1 Å². The number of hydrogen-bond acceptors (Lipinski definition) is 7. The maximum atomic E-state index is 5.68. The van der Waals surface area contributed by atoms with Gasteiger partial charge in [-0.2, -0.15) is 4.37 Å². The lowest BCUT2D eigenvalue weighted by molar-refractivity contribution is 0.0453. The Kier molecular flexibility index (Phi) is 12.2. The van der Waals surface area contributed by atoms with Gasteiger partial charge in [-0.25, -0.2) is 4.98 Å². The summed E-state index contributed by atoms with van der Waals surface area (Å²) >= 11 is 1.50. The fourth-order valence-electron chi connectivity index (χ4n) is 3.42. The van der Waals surface area contributed by atoms with Crippen LogP contribution in [0.5, 0.6) is 0 Å². The van der Waals surface area contributed by atoms with E-state index in [-0.39, 0.29) is 24.0 Å². The second-order valence-corrected chi connectivity index (χ2v) is 8.02. The van der Waals surface area contributed by atoms with Gasteiger partial charge >= 0.3 is 0 Å². The first-order valence-electron chi connectivity index (χ1n) is 11.0. The van der Waals surface area contributed by atoms with E-state index < -0.39 is 0 Å². The third kappa shape index (κ3) is 8.13. The number of halogens is 1. The summed E-state index contributed by atoms with van der Waals surface area (Å²) in [5, 5.41) is 4.53. The van der Waals surface area contributed by atoms with Crippen LogP contribution >= 0.6 is 35.5 Å². The predicted molar refractivity (Wildman–Crippen MR) is 141 cm³/mol. The number of hydrogen-bond donors (Lipinski definition) is 1. The van der Waals surface area contributed by atoms with Crippen molar-refractivity contribution in [1.29, 1.82) is 0 Å². The van der Waals surface area contributed by atoms with Gasteiger partial charge in [-0.3, -0.25) is 4.99 Å². The molecule has 32 heavy (non-hydrogen) atoms. The van der Waals surface area contributed by atoms with E-state index >= 15 is 0 Å². The predicted octanol–water partition coefficient (Wildman–Crippen LogP) is 3.17. The normalized spacial score (nSPS) is 14.4. The largest absolute Gasteiger partial charge is 0.379 e. The van der Waals surface area contributed by atoms with Gasteiger partial charge in [0.25, 0.3) is 0 Å². The summed E-state index contributed by atoms with van der Waals surface area (Å²) in [6.45, 7) is 11.1. The van der Waals surface area contributed by atoms with Gasteiger partial charge in [-0.15, -0.1) is 24.0 Å². The van der Waals surface area contributed by atoms with Gasteiger partial charge < -0.3 is 24.6 Å². The number of benzene rings is 1. The fraction of sp³-hybridized carbons (Fsp3) is 0.591. The summed E-state index contributed by atoms with van der Waals surface area (Å²) in [6, 6.07) is 8.48. The average Bonchev–Trinajstić information content (AvgIpc) is 3.29. The van der Waals surface area contributed by atoms with Crippen molar-refractivity contribution >= 4 is 46.6 Å². The number of aryl methyl sites for hydroxylation is 1. The highest BCUT2D eigenvalue weighted by Gasteiger charge is 2.22. The quantitative estimate of drug-likeness (QED) is 0.202. The van der Waals surface area contributed by atoms with E-state index in [0.717, 1.165) is 62.7 Å². The van der Waals surface area contributed by atoms with Crippen molar-refractivity contribution in [3.8, 4) is 0 Å². The minimum atomic E-state index is 0. The Morgan fingerprint density at radius 2 is 1.88 bits per heavy atom. The molecular formula is C22H35IN6O2S. The van der Waals surface area contributed by atoms with Gasteiger partial charge in [0, 0.05) is 64.3 Å². The van der Waals surface area contributed by atoms with Crippen LogP contribution in [0.2, 0.25) is 0 Å². The lowest BCUT2D eigenvalue weighted by Crippen LogP contribution is -2.52. The summed E-state index contributed by atoms with van der Waals surface area (Å²) in [6.07, 6.45) is 0.883. The first kappa shape index (κ1) is 26.7. The number of rotatable bonds is 10. The maximum absolute atomic E-state index is 5.68. The Morgan fingerprint density at radius 1 is 1.12 bits per heavy atom. The zero-order valence-corrected chi connectivity index (χ0v) is 22.4. The highest BCUT2D eigenvalue weighted by Crippen LogP contribution is 2.19. The molecule has 0 bridgehead atoms. The van der Waals surface area contributed by atoms with Gasteiger partial charge in [0.05, 0.1) is 19.8 Å². The molecule has 1 aliphatic rings. The molecule has 2 heterocycles. The minimum absolute atomic E-state index is 0. The van der Waals surface area contributed by atoms with E-state index in [9.17, 15) is 0 Å². The maximum Gasteiger partial charge on any atom is 0.205 e. The Balaban J connectivity index is 0.00000363. The van der Waals surface area contributed by atoms with Crippen LogP contribution in [-0.2, 0) is 29.0 Å². The van der Waals surface area contributed by atoms with Crippen molar-refractivity contribution in [2.45, 2.75) is 33.4 Å². The second-order valence-electron chi connectivity index (χ2n) is 7.29. The molecule has 0 atom stereocenters. The van der Waals surface area contributed by atoms with Gasteiger partial charge in [0.2, 0.25) is 5.13 Å². The SMILES string of the molecule is CCOCCOCc1cccc(CNC(=NC)N2CCN(c3nc(CC)ns3)CC2)c1.I. The zero-order chi connectivity index (χ0) is 21.9. The number of ether oxygens (including phenoxy) is 2. The smallest absolute Gasteiger partial charge is 0.205 e. The molecule has 1 aromatic heterocycles. The molecule has 1 saturated heterocycles. The molecule has 1 aliphatic heterocycles. The summed E-state index contributed by atoms with van der Waals surface area (Å²) in [7, 11) is 1.84. The van der Waals surface area contributed by atoms with Crippen molar-refractivity contribution < 1.29 is 9.47 Å². The third-order valence-electron chi connectivity index (χ3n) is 5.12. The molecule has 0 saturated carbocycles. The van der Waals surface area contributed by atoms with E-state index in [0.29, 0.717) is 19.8 Å². The van der Waals surface area contributed by atoms with Crippen molar-refractivity contribution in [1.82, 2.24) is 19.6 Å². The van der Waals surface area contributed by atoms with Crippen molar-refractivity contribution in [3.05, 3.63) is 41.2 Å². The average molecular weight is 575 g/mol. The van der Waals surface area contributed by atoms with E-state index in [1.807, 2.05) is 14.0 Å². The molecule has 1 fully saturated rings. The Labute approximate surface area is 212 Å². The monoisotopic (exact) mass is 574 g/mol. The van der Waals surface area contributed by atoms with Crippen LogP contribution in [0.25, 0.3) is 0 Å². The number of piperazine rings is 1. The van der Waals surface area contributed by atoms with Crippen LogP contribution in [0.1, 0.15) is 30.8 Å². The number of nitrogens with one attached hydrogen (secondary N) is 1. The van der Waals surface area contributed by atoms with Crippen molar-refractivity contribution in [3.63, 3.8) is 0 Å². The number of anilines is 1. The Hall–Kier alpha value is -1.50. The standard InChI is InChI=1S/C22H34N6O2S.HI/c1-4-20-25-22(31-26-20)28-11-9-27(10-12-28)21(23-3)24-16-18-7-6-8-19(15-18)17-30-14-13-29-5-2;/h6-8,15H,4-5,9-14,16-17H2,1-3H3,(H,23,24);1H. The molecule has 3 rings (SSSR count). The molecule has 0 radical (unpaired) electrons. The summed E-state index contributed by atoms with van der Waals surface area (Å²) in [5.41, 5.74) is 2.38. The summed E-state index contributed by atoms with van der Waals surface area (Å²) < 4.78 is 15.4. The first-order chi connectivity index (χ1) is 15.2. The molecule has 178 valence electrons. The number of nitrogens with zero attached hydrogens (tertiary/aromatic N) is 5. The van der Waals surface area contributed by atoms with Gasteiger partial charge in [-0.1, -0.05) is 31.2 Å². The highest BCUT2D eigenvalue weighted by molar-refractivity contribution is 14.0. The molecule has 0 spiro atoms. The number of guanidine groups is 1. The fourth-order valence-corrected chi connectivity index (χ4v) is 4.22. The molecule has 0 amide bonds. The van der Waals surface area contributed by atoms with Crippen LogP contribution in [0.3, 0.4) is 0 Å². The Bertz CT molecular complexity index is 826. The third-order valence-corrected chi connectivity index (χ3v) is 5.94. The summed E-state index contributed by atoms with van der Waals surface area (Å²) in [5.74, 6) is 1.87. The van der Waals surface area contributed by atoms with Gasteiger partial charge in [0.1, 0.15) is 5.82 Å². The van der Waals surface area contributed by atoms with E-state index in [4.69, 9.17) is 9.47 Å². The van der Waals surface area contributed by atoms with E-state index in [1.54, 1.807) is 0 Å². The Morgan fingerprint density at radius 3 is 2.56 bits per heavy atom. The van der Waals surface area contributed by atoms with Crippen molar-refractivity contribution in [2.75, 3.05) is 57.9 Å². The van der Waals surface area contributed by atoms with Crippen LogP contribution in [-0.4, -0.2) is 73.3 Å². The molecular weight excluding hydrogens is 539 g/mol. The van der Waals surface area contributed by atoms with Crippen LogP contribution in [0.4, 0.5) is 5.13 Å². The first-order valence-corrected chi connectivity index (χ1v) is 11.8. The minimum Gasteiger partial charge on any atom is -0.379 e. The molecule has 8 nitrogen and oxygen atoms in total. The zero-order valence-electron chi connectivity index (χ0n) is 19.2. The van der Waals surface area contributed by atoms with Crippen LogP contribution in [0, 0.1) is 0 Å². The van der Waals surface area contributed by atoms with Crippen LogP contribution in [0.15, 0.2) is 29.3 Å². The highest BCUT2D eigenvalue weighted by atomic mass is 127. The van der Waals surface area contributed by atoms with Gasteiger partial charge in [0.15, 0.2) is 5.96 Å². The number of aromatic nitrogens is 2. The molecule has 0 unspecified atom stereocenters.